The first-order valence-corrected chi connectivity index (χ1v) is 13.7. The Kier molecular flexibility index (Phi) is 8.18. The van der Waals surface area contributed by atoms with Crippen LogP contribution in [0.25, 0.3) is 0 Å². The number of nitrogens with zero attached hydrogens (tertiary/aromatic N) is 1. The van der Waals surface area contributed by atoms with Gasteiger partial charge >= 0.3 is 0 Å². The molecule has 2 amide bonds. The third-order valence-corrected chi connectivity index (χ3v) is 7.78. The molecule has 0 spiro atoms. The molecule has 1 aliphatic heterocycles. The van der Waals surface area contributed by atoms with Gasteiger partial charge in [-0.25, -0.2) is 8.42 Å². The Morgan fingerprint density at radius 2 is 1.61 bits per heavy atom. The van der Waals surface area contributed by atoms with Crippen LogP contribution in [-0.4, -0.2) is 39.4 Å². The Hall–Kier alpha value is -3.49. The second kappa shape index (κ2) is 11.5. The molecule has 0 fully saturated rings. The summed E-state index contributed by atoms with van der Waals surface area (Å²) in [5, 5.41) is 2.88. The summed E-state index contributed by atoms with van der Waals surface area (Å²) >= 11 is 0. The van der Waals surface area contributed by atoms with Crippen LogP contribution in [0, 0.1) is 0 Å². The van der Waals surface area contributed by atoms with E-state index in [0.717, 1.165) is 22.4 Å². The number of hydrogen-bond acceptors (Lipinski definition) is 4. The fraction of sp³-hybridized carbons (Fsp3) is 0.286. The van der Waals surface area contributed by atoms with Gasteiger partial charge in [-0.05, 0) is 54.2 Å². The Bertz CT molecular complexity index is 1310. The van der Waals surface area contributed by atoms with E-state index in [1.54, 1.807) is 24.0 Å². The molecule has 0 saturated heterocycles. The Balaban J connectivity index is 1.50. The predicted octanol–water partition coefficient (Wildman–Crippen LogP) is 3.23. The van der Waals surface area contributed by atoms with Crippen LogP contribution < -0.4 is 14.9 Å². The van der Waals surface area contributed by atoms with Crippen LogP contribution in [0.4, 0.5) is 5.69 Å². The quantitative estimate of drug-likeness (QED) is 0.442. The summed E-state index contributed by atoms with van der Waals surface area (Å²) in [7, 11) is -3.98. The molecule has 188 valence electrons. The second-order valence-corrected chi connectivity index (χ2v) is 10.5. The van der Waals surface area contributed by atoms with Crippen LogP contribution >= 0.6 is 0 Å². The van der Waals surface area contributed by atoms with Crippen molar-refractivity contribution in [2.45, 2.75) is 43.5 Å². The zero-order valence-electron chi connectivity index (χ0n) is 20.3. The lowest BCUT2D eigenvalue weighted by molar-refractivity contribution is -0.122. The molecule has 36 heavy (non-hydrogen) atoms. The fourth-order valence-electron chi connectivity index (χ4n) is 4.39. The van der Waals surface area contributed by atoms with Gasteiger partial charge in [0.25, 0.3) is 0 Å². The molecule has 0 aromatic heterocycles. The number of hydrogen-bond donors (Lipinski definition) is 2. The normalized spacial score (nSPS) is 13.8. The maximum atomic E-state index is 13.3. The van der Waals surface area contributed by atoms with Crippen molar-refractivity contribution in [3.63, 3.8) is 0 Å². The van der Waals surface area contributed by atoms with Gasteiger partial charge in [0.1, 0.15) is 6.04 Å². The fourth-order valence-corrected chi connectivity index (χ4v) is 5.63. The first kappa shape index (κ1) is 25.6. The zero-order chi connectivity index (χ0) is 25.5. The highest BCUT2D eigenvalue weighted by molar-refractivity contribution is 7.89. The van der Waals surface area contributed by atoms with Crippen LogP contribution in [0.15, 0.2) is 83.8 Å². The first-order chi connectivity index (χ1) is 17.4. The molecule has 1 atom stereocenters. The van der Waals surface area contributed by atoms with E-state index in [-0.39, 0.29) is 23.1 Å². The number of sulfonamides is 1. The number of amides is 2. The SMILES string of the molecule is CCC(=O)N1CCc2cc(S(=O)(=O)NC(Cc3ccccc3)C(=O)NCCc3ccccc3)ccc21. The highest BCUT2D eigenvalue weighted by Gasteiger charge is 2.29. The van der Waals surface area contributed by atoms with E-state index in [2.05, 4.69) is 10.0 Å². The molecule has 1 heterocycles. The third-order valence-electron chi connectivity index (χ3n) is 6.31. The zero-order valence-corrected chi connectivity index (χ0v) is 21.1. The number of carbonyl (C=O) groups is 2. The van der Waals surface area contributed by atoms with Gasteiger partial charge < -0.3 is 10.2 Å². The van der Waals surface area contributed by atoms with Gasteiger partial charge in [0, 0.05) is 25.2 Å². The lowest BCUT2D eigenvalue weighted by Gasteiger charge is -2.20. The molecule has 1 aliphatic rings. The summed E-state index contributed by atoms with van der Waals surface area (Å²) in [5.74, 6) is -0.364. The minimum atomic E-state index is -3.98. The third kappa shape index (κ3) is 6.19. The molecule has 2 N–H and O–H groups in total. The maximum absolute atomic E-state index is 13.3. The van der Waals surface area contributed by atoms with E-state index < -0.39 is 16.1 Å². The molecule has 3 aromatic carbocycles. The van der Waals surface area contributed by atoms with Crippen molar-refractivity contribution in [2.75, 3.05) is 18.0 Å². The number of anilines is 1. The highest BCUT2D eigenvalue weighted by atomic mass is 32.2. The van der Waals surface area contributed by atoms with Crippen molar-refractivity contribution >= 4 is 27.5 Å². The van der Waals surface area contributed by atoms with E-state index >= 15 is 0 Å². The monoisotopic (exact) mass is 505 g/mol. The molecule has 0 aliphatic carbocycles. The van der Waals surface area contributed by atoms with Gasteiger partial charge in [0.15, 0.2) is 0 Å². The molecule has 0 radical (unpaired) electrons. The summed E-state index contributed by atoms with van der Waals surface area (Å²) < 4.78 is 29.3. The molecule has 0 bridgehead atoms. The van der Waals surface area contributed by atoms with Crippen LogP contribution in [0.1, 0.15) is 30.0 Å². The van der Waals surface area contributed by atoms with Gasteiger partial charge in [0.05, 0.1) is 4.90 Å². The molecule has 7 nitrogen and oxygen atoms in total. The van der Waals surface area contributed by atoms with Crippen molar-refractivity contribution in [1.82, 2.24) is 10.0 Å². The van der Waals surface area contributed by atoms with Gasteiger partial charge in [-0.2, -0.15) is 4.72 Å². The van der Waals surface area contributed by atoms with Crippen LogP contribution in [0.3, 0.4) is 0 Å². The number of fused-ring (bicyclic) bond motifs is 1. The lowest BCUT2D eigenvalue weighted by Crippen LogP contribution is -2.48. The van der Waals surface area contributed by atoms with Gasteiger partial charge in [0.2, 0.25) is 21.8 Å². The molecule has 4 rings (SSSR count). The predicted molar refractivity (Wildman–Crippen MR) is 140 cm³/mol. The Morgan fingerprint density at radius 1 is 0.944 bits per heavy atom. The van der Waals surface area contributed by atoms with Crippen molar-refractivity contribution in [3.05, 3.63) is 95.6 Å². The van der Waals surface area contributed by atoms with E-state index in [1.165, 1.54) is 6.07 Å². The molecule has 8 heteroatoms. The van der Waals surface area contributed by atoms with Crippen LogP contribution in [0.2, 0.25) is 0 Å². The minimum Gasteiger partial charge on any atom is -0.354 e. The number of rotatable bonds is 10. The van der Waals surface area contributed by atoms with Gasteiger partial charge in [-0.1, -0.05) is 67.6 Å². The molecular formula is C28H31N3O4S. The molecule has 1 unspecified atom stereocenters. The van der Waals surface area contributed by atoms with Crippen molar-refractivity contribution in [3.8, 4) is 0 Å². The van der Waals surface area contributed by atoms with E-state index in [0.29, 0.717) is 32.4 Å². The number of nitrogens with one attached hydrogen (secondary N) is 2. The summed E-state index contributed by atoms with van der Waals surface area (Å²) in [5.41, 5.74) is 3.50. The topological polar surface area (TPSA) is 95.6 Å². The first-order valence-electron chi connectivity index (χ1n) is 12.2. The summed E-state index contributed by atoms with van der Waals surface area (Å²) in [6.07, 6.45) is 1.86. The average Bonchev–Trinajstić information content (AvgIpc) is 3.32. The van der Waals surface area contributed by atoms with Gasteiger partial charge in [-0.3, -0.25) is 9.59 Å². The van der Waals surface area contributed by atoms with Crippen molar-refractivity contribution in [2.24, 2.45) is 0 Å². The van der Waals surface area contributed by atoms with Crippen molar-refractivity contribution < 1.29 is 18.0 Å². The summed E-state index contributed by atoms with van der Waals surface area (Å²) in [6.45, 7) is 2.75. The second-order valence-electron chi connectivity index (χ2n) is 8.83. The Labute approximate surface area is 212 Å². The highest BCUT2D eigenvalue weighted by Crippen LogP contribution is 2.30. The minimum absolute atomic E-state index is 0.0116. The standard InChI is InChI=1S/C28H31N3O4S/c1-2-27(32)31-18-16-23-20-24(13-14-26(23)31)36(34,35)30-25(19-22-11-7-4-8-12-22)28(33)29-17-15-21-9-5-3-6-10-21/h3-14,20,25,30H,2,15-19H2,1H3,(H,29,33). The maximum Gasteiger partial charge on any atom is 0.241 e. The molecule has 0 saturated carbocycles. The van der Waals surface area contributed by atoms with Crippen molar-refractivity contribution in [1.29, 1.82) is 0 Å². The van der Waals surface area contributed by atoms with Crippen LogP contribution in [-0.2, 0) is 38.9 Å². The van der Waals surface area contributed by atoms with E-state index in [4.69, 9.17) is 0 Å². The van der Waals surface area contributed by atoms with Gasteiger partial charge in [-0.15, -0.1) is 0 Å². The summed E-state index contributed by atoms with van der Waals surface area (Å²) in [4.78, 5) is 27.1. The Morgan fingerprint density at radius 3 is 2.28 bits per heavy atom. The number of carbonyl (C=O) groups excluding carboxylic acids is 2. The molecule has 3 aromatic rings. The lowest BCUT2D eigenvalue weighted by atomic mass is 10.1. The van der Waals surface area contributed by atoms with Crippen LogP contribution in [0.5, 0.6) is 0 Å². The smallest absolute Gasteiger partial charge is 0.241 e. The van der Waals surface area contributed by atoms with E-state index in [1.807, 2.05) is 60.7 Å². The summed E-state index contributed by atoms with van der Waals surface area (Å²) in [6, 6.07) is 22.9. The number of benzene rings is 3. The average molecular weight is 506 g/mol. The molecular weight excluding hydrogens is 474 g/mol. The largest absolute Gasteiger partial charge is 0.354 e. The van der Waals surface area contributed by atoms with E-state index in [9.17, 15) is 18.0 Å².